The van der Waals surface area contributed by atoms with Gasteiger partial charge in [0.25, 0.3) is 0 Å². The number of aliphatic hydroxyl groups is 1. The molecule has 0 saturated carbocycles. The average molecular weight is 284 g/mol. The largest absolute Gasteiger partial charge is 0.480 e. The minimum Gasteiger partial charge on any atom is -0.480 e. The van der Waals surface area contributed by atoms with E-state index in [0.717, 1.165) is 5.56 Å². The SMILES string of the molecule is O=C(O)[C@@H]1CC(O)CN1C(=O)NCCc1ccsc1. The minimum atomic E-state index is -1.08. The molecule has 1 saturated heterocycles. The summed E-state index contributed by atoms with van der Waals surface area (Å²) in [5.74, 6) is -1.08. The maximum Gasteiger partial charge on any atom is 0.326 e. The summed E-state index contributed by atoms with van der Waals surface area (Å²) in [6, 6.07) is 0.617. The molecule has 1 fully saturated rings. The van der Waals surface area contributed by atoms with Crippen LogP contribution in [0, 0.1) is 0 Å². The van der Waals surface area contributed by atoms with E-state index < -0.39 is 24.1 Å². The lowest BCUT2D eigenvalue weighted by Crippen LogP contribution is -2.46. The van der Waals surface area contributed by atoms with Crippen LogP contribution < -0.4 is 5.32 Å². The van der Waals surface area contributed by atoms with Gasteiger partial charge in [-0.1, -0.05) is 0 Å². The third-order valence-corrected chi connectivity index (χ3v) is 3.83. The molecule has 3 N–H and O–H groups in total. The first-order chi connectivity index (χ1) is 9.08. The molecular weight excluding hydrogens is 268 g/mol. The molecule has 6 nitrogen and oxygen atoms in total. The van der Waals surface area contributed by atoms with Crippen LogP contribution in [0.2, 0.25) is 0 Å². The number of likely N-dealkylation sites (tertiary alicyclic amines) is 1. The molecule has 19 heavy (non-hydrogen) atoms. The lowest BCUT2D eigenvalue weighted by Gasteiger charge is -2.21. The van der Waals surface area contributed by atoms with E-state index in [1.807, 2.05) is 16.8 Å². The van der Waals surface area contributed by atoms with E-state index in [4.69, 9.17) is 5.11 Å². The number of carbonyl (C=O) groups excluding carboxylic acids is 1. The first-order valence-corrected chi connectivity index (χ1v) is 6.98. The van der Waals surface area contributed by atoms with Gasteiger partial charge in [0, 0.05) is 19.5 Å². The highest BCUT2D eigenvalue weighted by Gasteiger charge is 2.38. The van der Waals surface area contributed by atoms with Crippen molar-refractivity contribution >= 4 is 23.3 Å². The highest BCUT2D eigenvalue weighted by atomic mass is 32.1. The minimum absolute atomic E-state index is 0.0707. The third kappa shape index (κ3) is 3.45. The van der Waals surface area contributed by atoms with Crippen LogP contribution >= 0.6 is 11.3 Å². The van der Waals surface area contributed by atoms with Crippen LogP contribution in [0.4, 0.5) is 4.79 Å². The summed E-state index contributed by atoms with van der Waals surface area (Å²) in [6.45, 7) is 0.524. The van der Waals surface area contributed by atoms with Gasteiger partial charge in [-0.15, -0.1) is 0 Å². The number of nitrogens with zero attached hydrogens (tertiary/aromatic N) is 1. The molecule has 2 rings (SSSR count). The number of amides is 2. The van der Waals surface area contributed by atoms with Crippen LogP contribution in [0.25, 0.3) is 0 Å². The zero-order valence-corrected chi connectivity index (χ0v) is 11.1. The number of thiophene rings is 1. The second-order valence-electron chi connectivity index (χ2n) is 4.51. The number of urea groups is 1. The van der Waals surface area contributed by atoms with Gasteiger partial charge in [0.2, 0.25) is 0 Å². The lowest BCUT2D eigenvalue weighted by molar-refractivity contribution is -0.141. The Labute approximate surface area is 114 Å². The molecule has 1 aromatic heterocycles. The number of rotatable bonds is 4. The summed E-state index contributed by atoms with van der Waals surface area (Å²) in [4.78, 5) is 24.0. The summed E-state index contributed by atoms with van der Waals surface area (Å²) < 4.78 is 0. The maximum absolute atomic E-state index is 11.9. The van der Waals surface area contributed by atoms with E-state index in [2.05, 4.69) is 5.32 Å². The van der Waals surface area contributed by atoms with E-state index in [0.29, 0.717) is 13.0 Å². The fraction of sp³-hybridized carbons (Fsp3) is 0.500. The molecule has 1 aromatic rings. The van der Waals surface area contributed by atoms with Crippen molar-refractivity contribution < 1.29 is 19.8 Å². The van der Waals surface area contributed by atoms with Crippen molar-refractivity contribution in [3.05, 3.63) is 22.4 Å². The Morgan fingerprint density at radius 2 is 2.32 bits per heavy atom. The molecule has 0 bridgehead atoms. The lowest BCUT2D eigenvalue weighted by atomic mass is 10.2. The number of aliphatic hydroxyl groups excluding tert-OH is 1. The fourth-order valence-corrected chi connectivity index (χ4v) is 2.83. The van der Waals surface area contributed by atoms with Crippen LogP contribution in [0.3, 0.4) is 0 Å². The van der Waals surface area contributed by atoms with E-state index in [1.54, 1.807) is 11.3 Å². The number of hydrogen-bond donors (Lipinski definition) is 3. The van der Waals surface area contributed by atoms with Gasteiger partial charge in [-0.25, -0.2) is 9.59 Å². The molecule has 0 spiro atoms. The molecule has 7 heteroatoms. The monoisotopic (exact) mass is 284 g/mol. The van der Waals surface area contributed by atoms with Crippen LogP contribution in [0.15, 0.2) is 16.8 Å². The van der Waals surface area contributed by atoms with Gasteiger partial charge in [-0.3, -0.25) is 0 Å². The summed E-state index contributed by atoms with van der Waals surface area (Å²) >= 11 is 1.59. The topological polar surface area (TPSA) is 89.9 Å². The standard InChI is InChI=1S/C12H16N2O4S/c15-9-5-10(11(16)17)14(6-9)12(18)13-3-1-8-2-4-19-7-8/h2,4,7,9-10,15H,1,3,5-6H2,(H,13,18)(H,16,17)/t9?,10-/m0/s1. The van der Waals surface area contributed by atoms with Gasteiger partial charge < -0.3 is 20.4 Å². The number of nitrogens with one attached hydrogen (secondary N) is 1. The number of hydrogen-bond acceptors (Lipinski definition) is 4. The van der Waals surface area contributed by atoms with Crippen LogP contribution in [0.1, 0.15) is 12.0 Å². The molecule has 0 aromatic carbocycles. The average Bonchev–Trinajstić information content (AvgIpc) is 2.98. The Bertz CT molecular complexity index is 449. The Morgan fingerprint density at radius 3 is 2.95 bits per heavy atom. The van der Waals surface area contributed by atoms with E-state index in [9.17, 15) is 14.7 Å². The van der Waals surface area contributed by atoms with Crippen LogP contribution in [-0.4, -0.2) is 52.3 Å². The number of aliphatic carboxylic acids is 1. The fourth-order valence-electron chi connectivity index (χ4n) is 2.12. The first-order valence-electron chi connectivity index (χ1n) is 6.04. The van der Waals surface area contributed by atoms with Crippen molar-refractivity contribution in [2.75, 3.05) is 13.1 Å². The van der Waals surface area contributed by atoms with Crippen molar-refractivity contribution in [1.82, 2.24) is 10.2 Å². The molecule has 2 heterocycles. The zero-order valence-electron chi connectivity index (χ0n) is 10.3. The summed E-state index contributed by atoms with van der Waals surface area (Å²) in [5, 5.41) is 25.1. The first kappa shape index (κ1) is 13.8. The summed E-state index contributed by atoms with van der Waals surface area (Å²) in [5.41, 5.74) is 1.14. The Hall–Kier alpha value is -1.60. The van der Waals surface area contributed by atoms with Crippen LogP contribution in [0.5, 0.6) is 0 Å². The molecule has 0 aliphatic carbocycles. The van der Waals surface area contributed by atoms with E-state index in [1.165, 1.54) is 4.90 Å². The van der Waals surface area contributed by atoms with Crippen molar-refractivity contribution in [2.45, 2.75) is 25.0 Å². The molecule has 0 radical (unpaired) electrons. The quantitative estimate of drug-likeness (QED) is 0.752. The number of carbonyl (C=O) groups is 2. The number of β-amino-alcohol motifs (C(OH)–C–C–N with tert-alkyl or cyclic N) is 1. The van der Waals surface area contributed by atoms with Crippen molar-refractivity contribution in [1.29, 1.82) is 0 Å². The maximum atomic E-state index is 11.9. The Kier molecular flexibility index (Phi) is 4.39. The predicted octanol–water partition coefficient (Wildman–Crippen LogP) is 0.520. The number of carboxylic acid groups (broad SMARTS) is 1. The van der Waals surface area contributed by atoms with E-state index in [-0.39, 0.29) is 13.0 Å². The normalized spacial score (nSPS) is 22.5. The molecule has 2 atom stereocenters. The van der Waals surface area contributed by atoms with Gasteiger partial charge in [0.05, 0.1) is 6.10 Å². The van der Waals surface area contributed by atoms with Crippen LogP contribution in [-0.2, 0) is 11.2 Å². The molecule has 104 valence electrons. The summed E-state index contributed by atoms with van der Waals surface area (Å²) in [7, 11) is 0. The highest BCUT2D eigenvalue weighted by molar-refractivity contribution is 7.07. The van der Waals surface area contributed by atoms with E-state index >= 15 is 0 Å². The highest BCUT2D eigenvalue weighted by Crippen LogP contribution is 2.18. The Balaban J connectivity index is 1.83. The molecule has 1 aliphatic heterocycles. The molecule has 1 unspecified atom stereocenters. The molecule has 1 aliphatic rings. The van der Waals surface area contributed by atoms with Gasteiger partial charge in [0.15, 0.2) is 0 Å². The zero-order chi connectivity index (χ0) is 13.8. The van der Waals surface area contributed by atoms with Crippen molar-refractivity contribution in [3.63, 3.8) is 0 Å². The predicted molar refractivity (Wildman–Crippen MR) is 70.2 cm³/mol. The van der Waals surface area contributed by atoms with Gasteiger partial charge in [0.1, 0.15) is 6.04 Å². The molecule has 2 amide bonds. The van der Waals surface area contributed by atoms with Crippen molar-refractivity contribution in [3.8, 4) is 0 Å². The summed E-state index contributed by atoms with van der Waals surface area (Å²) in [6.07, 6.45) is 0.0418. The third-order valence-electron chi connectivity index (χ3n) is 3.09. The molecular formula is C12H16N2O4S. The van der Waals surface area contributed by atoms with Gasteiger partial charge in [-0.05, 0) is 28.8 Å². The van der Waals surface area contributed by atoms with Gasteiger partial charge in [-0.2, -0.15) is 11.3 Å². The van der Waals surface area contributed by atoms with Gasteiger partial charge >= 0.3 is 12.0 Å². The number of carboxylic acids is 1. The van der Waals surface area contributed by atoms with Crippen molar-refractivity contribution in [2.24, 2.45) is 0 Å². The second-order valence-corrected chi connectivity index (χ2v) is 5.29. The Morgan fingerprint density at radius 1 is 1.53 bits per heavy atom. The smallest absolute Gasteiger partial charge is 0.326 e. The second kappa shape index (κ2) is 6.03.